The standard InChI is InChI=1S/C19H19Cl2N3O3/c1-11-3-4-16(12(2)7-11)23-17(25)5-6-18(26)24-22-10-13-8-14(20)9-15(21)19(13)27/h3-4,7-10,27H,5-6H2,1-2H3,(H,23,25)(H,24,26). The van der Waals surface area contributed by atoms with Crippen LogP contribution in [0, 0.1) is 13.8 Å². The van der Waals surface area contributed by atoms with Gasteiger partial charge in [0.15, 0.2) is 0 Å². The molecule has 0 spiro atoms. The van der Waals surface area contributed by atoms with E-state index in [9.17, 15) is 14.7 Å². The Hall–Kier alpha value is -2.57. The van der Waals surface area contributed by atoms with Crippen LogP contribution in [0.4, 0.5) is 5.69 Å². The molecule has 0 heterocycles. The maximum atomic E-state index is 12.0. The maximum Gasteiger partial charge on any atom is 0.240 e. The molecule has 142 valence electrons. The van der Waals surface area contributed by atoms with Gasteiger partial charge in [-0.05, 0) is 37.6 Å². The number of halogens is 2. The van der Waals surface area contributed by atoms with Gasteiger partial charge >= 0.3 is 0 Å². The van der Waals surface area contributed by atoms with Crippen molar-refractivity contribution in [3.8, 4) is 5.75 Å². The minimum Gasteiger partial charge on any atom is -0.506 e. The topological polar surface area (TPSA) is 90.8 Å². The van der Waals surface area contributed by atoms with Crippen molar-refractivity contribution in [2.45, 2.75) is 26.7 Å². The number of aromatic hydroxyl groups is 1. The van der Waals surface area contributed by atoms with E-state index < -0.39 is 5.91 Å². The molecule has 2 rings (SSSR count). The van der Waals surface area contributed by atoms with Crippen LogP contribution in [0.2, 0.25) is 10.0 Å². The van der Waals surface area contributed by atoms with Crippen LogP contribution in [0.25, 0.3) is 0 Å². The van der Waals surface area contributed by atoms with Gasteiger partial charge in [0.25, 0.3) is 0 Å². The molecular formula is C19H19Cl2N3O3. The number of carbonyl (C=O) groups excluding carboxylic acids is 2. The van der Waals surface area contributed by atoms with Crippen LogP contribution >= 0.6 is 23.2 Å². The van der Waals surface area contributed by atoms with Gasteiger partial charge in [-0.1, -0.05) is 40.9 Å². The number of rotatable bonds is 6. The van der Waals surface area contributed by atoms with Gasteiger partial charge in [0.05, 0.1) is 11.2 Å². The average Bonchev–Trinajstić information content (AvgIpc) is 2.59. The molecule has 6 nitrogen and oxygen atoms in total. The van der Waals surface area contributed by atoms with E-state index in [4.69, 9.17) is 23.2 Å². The Kier molecular flexibility index (Phi) is 7.21. The Morgan fingerprint density at radius 3 is 2.52 bits per heavy atom. The van der Waals surface area contributed by atoms with E-state index in [1.165, 1.54) is 18.3 Å². The summed E-state index contributed by atoms with van der Waals surface area (Å²) in [6.45, 7) is 3.88. The molecule has 0 atom stereocenters. The minimum absolute atomic E-state index is 0.0168. The number of benzene rings is 2. The number of phenolic OH excluding ortho intramolecular Hbond substituents is 1. The summed E-state index contributed by atoms with van der Waals surface area (Å²) in [4.78, 5) is 23.8. The number of hydrazone groups is 1. The Balaban J connectivity index is 1.83. The summed E-state index contributed by atoms with van der Waals surface area (Å²) in [5, 5.41) is 16.7. The molecular weight excluding hydrogens is 389 g/mol. The molecule has 2 aromatic rings. The second kappa shape index (κ2) is 9.39. The molecule has 0 unspecified atom stereocenters. The van der Waals surface area contributed by atoms with Crippen LogP contribution in [0.3, 0.4) is 0 Å². The van der Waals surface area contributed by atoms with E-state index in [0.717, 1.165) is 16.8 Å². The number of aryl methyl sites for hydroxylation is 2. The summed E-state index contributed by atoms with van der Waals surface area (Å²) in [5.74, 6) is -0.887. The number of nitrogens with one attached hydrogen (secondary N) is 2. The lowest BCUT2D eigenvalue weighted by Gasteiger charge is -2.08. The lowest BCUT2D eigenvalue weighted by molar-refractivity contribution is -0.124. The van der Waals surface area contributed by atoms with E-state index in [1.807, 2.05) is 32.0 Å². The normalized spacial score (nSPS) is 10.8. The lowest BCUT2D eigenvalue weighted by atomic mass is 10.1. The highest BCUT2D eigenvalue weighted by Crippen LogP contribution is 2.29. The fraction of sp³-hybridized carbons (Fsp3) is 0.211. The van der Waals surface area contributed by atoms with Crippen molar-refractivity contribution in [2.75, 3.05) is 5.32 Å². The lowest BCUT2D eigenvalue weighted by Crippen LogP contribution is -2.20. The quantitative estimate of drug-likeness (QED) is 0.495. The van der Waals surface area contributed by atoms with E-state index in [2.05, 4.69) is 15.8 Å². The molecule has 0 fully saturated rings. The molecule has 0 saturated carbocycles. The van der Waals surface area contributed by atoms with Crippen LogP contribution < -0.4 is 10.7 Å². The number of hydrogen-bond acceptors (Lipinski definition) is 4. The number of nitrogens with zero attached hydrogens (tertiary/aromatic N) is 1. The number of hydrogen-bond donors (Lipinski definition) is 3. The molecule has 0 saturated heterocycles. The predicted molar refractivity (Wildman–Crippen MR) is 108 cm³/mol. The summed E-state index contributed by atoms with van der Waals surface area (Å²) in [6.07, 6.45) is 1.21. The third kappa shape index (κ3) is 6.27. The smallest absolute Gasteiger partial charge is 0.240 e. The van der Waals surface area contributed by atoms with E-state index >= 15 is 0 Å². The molecule has 0 bridgehead atoms. The second-order valence-electron chi connectivity index (χ2n) is 5.99. The fourth-order valence-electron chi connectivity index (χ4n) is 2.31. The number of anilines is 1. The zero-order valence-corrected chi connectivity index (χ0v) is 16.4. The third-order valence-electron chi connectivity index (χ3n) is 3.69. The van der Waals surface area contributed by atoms with E-state index in [0.29, 0.717) is 5.02 Å². The van der Waals surface area contributed by atoms with Gasteiger partial charge in [0, 0.05) is 29.1 Å². The van der Waals surface area contributed by atoms with Gasteiger partial charge in [-0.3, -0.25) is 9.59 Å². The van der Waals surface area contributed by atoms with Crippen LogP contribution in [0.15, 0.2) is 35.4 Å². The summed E-state index contributed by atoms with van der Waals surface area (Å²) in [6, 6.07) is 8.55. The van der Waals surface area contributed by atoms with E-state index in [1.54, 1.807) is 0 Å². The first-order valence-electron chi connectivity index (χ1n) is 8.13. The van der Waals surface area contributed by atoms with E-state index in [-0.39, 0.29) is 35.1 Å². The monoisotopic (exact) mass is 407 g/mol. The molecule has 27 heavy (non-hydrogen) atoms. The van der Waals surface area contributed by atoms with Gasteiger partial charge in [0.2, 0.25) is 11.8 Å². The Morgan fingerprint density at radius 1 is 1.11 bits per heavy atom. The molecule has 0 radical (unpaired) electrons. The van der Waals surface area contributed by atoms with Gasteiger partial charge in [-0.25, -0.2) is 5.43 Å². The van der Waals surface area contributed by atoms with Gasteiger partial charge in [-0.2, -0.15) is 5.10 Å². The van der Waals surface area contributed by atoms with Crippen molar-refractivity contribution in [3.63, 3.8) is 0 Å². The molecule has 0 aliphatic heterocycles. The summed E-state index contributed by atoms with van der Waals surface area (Å²) >= 11 is 11.6. The van der Waals surface area contributed by atoms with Crippen LogP contribution in [0.1, 0.15) is 29.5 Å². The molecule has 0 aromatic heterocycles. The Bertz CT molecular complexity index is 898. The van der Waals surface area contributed by atoms with Crippen molar-refractivity contribution >= 4 is 46.9 Å². The fourth-order valence-corrected chi connectivity index (χ4v) is 2.82. The Labute approximate surface area is 167 Å². The van der Waals surface area contributed by atoms with Crippen molar-refractivity contribution in [3.05, 3.63) is 57.1 Å². The number of phenols is 1. The average molecular weight is 408 g/mol. The van der Waals surface area contributed by atoms with Crippen molar-refractivity contribution in [1.82, 2.24) is 5.43 Å². The highest BCUT2D eigenvalue weighted by Gasteiger charge is 2.09. The molecule has 8 heteroatoms. The molecule has 0 aliphatic rings. The Morgan fingerprint density at radius 2 is 1.81 bits per heavy atom. The predicted octanol–water partition coefficient (Wildman–Crippen LogP) is 4.18. The number of amides is 2. The zero-order chi connectivity index (χ0) is 20.0. The zero-order valence-electron chi connectivity index (χ0n) is 14.8. The first kappa shape index (κ1) is 20.7. The van der Waals surface area contributed by atoms with Crippen molar-refractivity contribution in [2.24, 2.45) is 5.10 Å². The molecule has 3 N–H and O–H groups in total. The first-order valence-corrected chi connectivity index (χ1v) is 8.89. The van der Waals surface area contributed by atoms with Crippen molar-refractivity contribution < 1.29 is 14.7 Å². The highest BCUT2D eigenvalue weighted by atomic mass is 35.5. The van der Waals surface area contributed by atoms with Gasteiger partial charge in [0.1, 0.15) is 5.75 Å². The van der Waals surface area contributed by atoms with Crippen LogP contribution in [-0.2, 0) is 9.59 Å². The number of carbonyl (C=O) groups is 2. The second-order valence-corrected chi connectivity index (χ2v) is 6.83. The molecule has 2 aromatic carbocycles. The van der Waals surface area contributed by atoms with Gasteiger partial charge < -0.3 is 10.4 Å². The summed E-state index contributed by atoms with van der Waals surface area (Å²) in [5.41, 5.74) is 5.33. The van der Waals surface area contributed by atoms with Crippen LogP contribution in [-0.4, -0.2) is 23.1 Å². The van der Waals surface area contributed by atoms with Crippen LogP contribution in [0.5, 0.6) is 5.75 Å². The maximum absolute atomic E-state index is 12.0. The van der Waals surface area contributed by atoms with Gasteiger partial charge in [-0.15, -0.1) is 0 Å². The SMILES string of the molecule is Cc1ccc(NC(=O)CCC(=O)NN=Cc2cc(Cl)cc(Cl)c2O)c(C)c1. The minimum atomic E-state index is -0.436. The summed E-state index contributed by atoms with van der Waals surface area (Å²) < 4.78 is 0. The third-order valence-corrected chi connectivity index (χ3v) is 4.19. The largest absolute Gasteiger partial charge is 0.506 e. The first-order chi connectivity index (χ1) is 12.8. The highest BCUT2D eigenvalue weighted by molar-refractivity contribution is 6.36. The molecule has 0 aliphatic carbocycles. The summed E-state index contributed by atoms with van der Waals surface area (Å²) in [7, 11) is 0. The molecule has 2 amide bonds. The van der Waals surface area contributed by atoms with Crippen molar-refractivity contribution in [1.29, 1.82) is 0 Å².